The highest BCUT2D eigenvalue weighted by Crippen LogP contribution is 2.71. The van der Waals surface area contributed by atoms with E-state index in [1.165, 1.54) is 11.1 Å². The molecule has 1 unspecified atom stereocenters. The monoisotopic (exact) mass is 415 g/mol. The maximum atomic E-state index is 13.9. The molecule has 4 aliphatic rings. The van der Waals surface area contributed by atoms with E-state index in [1.54, 1.807) is 0 Å². The van der Waals surface area contributed by atoms with E-state index in [0.717, 1.165) is 28.9 Å². The third-order valence-corrected chi connectivity index (χ3v) is 8.40. The number of benzene rings is 3. The molecule has 1 heterocycles. The molecule has 0 saturated heterocycles. The maximum Gasteiger partial charge on any atom is 0.178 e. The smallest absolute Gasteiger partial charge is 0.178 e. The van der Waals surface area contributed by atoms with Crippen molar-refractivity contribution in [3.05, 3.63) is 107 Å². The first kappa shape index (κ1) is 18.0. The first-order chi connectivity index (χ1) is 15.7. The van der Waals surface area contributed by atoms with Crippen LogP contribution in [0.2, 0.25) is 0 Å². The normalized spacial score (nSPS) is 33.2. The summed E-state index contributed by atoms with van der Waals surface area (Å²) in [7, 11) is 0. The number of fused-ring (bicyclic) bond motifs is 4. The molecule has 3 aliphatic carbocycles. The van der Waals surface area contributed by atoms with Gasteiger partial charge in [-0.15, -0.1) is 0 Å². The second-order valence-electron chi connectivity index (χ2n) is 9.43. The highest BCUT2D eigenvalue weighted by atomic mass is 16.5. The predicted octanol–water partition coefficient (Wildman–Crippen LogP) is 5.32. The van der Waals surface area contributed by atoms with Gasteiger partial charge in [-0.3, -0.25) is 4.79 Å². The molecule has 0 aromatic heterocycles. The number of carbonyl (C=O) groups is 1. The lowest BCUT2D eigenvalue weighted by Crippen LogP contribution is -2.65. The molecule has 5 atom stereocenters. The summed E-state index contributed by atoms with van der Waals surface area (Å²) in [6.07, 6.45) is 3.04. The van der Waals surface area contributed by atoms with Crippen molar-refractivity contribution in [1.82, 2.24) is 0 Å². The summed E-state index contributed by atoms with van der Waals surface area (Å²) in [6, 6.07) is 29.2. The van der Waals surface area contributed by atoms with Crippen molar-refractivity contribution in [3.8, 4) is 11.8 Å². The molecule has 1 spiro atoms. The average molecular weight is 415 g/mol. The largest absolute Gasteiger partial charge is 0.487 e. The molecule has 1 aliphatic heterocycles. The third kappa shape index (κ3) is 1.83. The van der Waals surface area contributed by atoms with Crippen molar-refractivity contribution in [2.24, 2.45) is 5.92 Å². The number of carbonyl (C=O) groups excluding carboxylic acids is 1. The SMILES string of the molecule is N#C[C@@]12C(=O)C[C@H]3C(c4ccccc4)=CC[C@@H]4c5ccccc5OC1[C@@]43c1ccccc12. The number of para-hydroxylation sites is 1. The fourth-order valence-electron chi connectivity index (χ4n) is 7.29. The standard InChI is InChI=1S/C29H21NO2/c30-17-28-22-11-5-6-12-23(22)29-21(20-10-4-7-13-25(20)32-27(28)29)15-14-19(24(29)16-26(28)31)18-8-2-1-3-9-18/h1-14,21,24,27H,15-16H2/t21-,24+,27?,28-,29-/m1/s1. The van der Waals surface area contributed by atoms with E-state index in [-0.39, 0.29) is 17.6 Å². The summed E-state index contributed by atoms with van der Waals surface area (Å²) >= 11 is 0. The average Bonchev–Trinajstić information content (AvgIpc) is 3.04. The minimum Gasteiger partial charge on any atom is -0.487 e. The van der Waals surface area contributed by atoms with Gasteiger partial charge in [-0.1, -0.05) is 78.9 Å². The number of ketones is 1. The molecule has 1 saturated carbocycles. The lowest BCUT2D eigenvalue weighted by atomic mass is 9.47. The number of hydrogen-bond donors (Lipinski definition) is 0. The van der Waals surface area contributed by atoms with Crippen LogP contribution < -0.4 is 4.74 Å². The molecule has 1 fully saturated rings. The van der Waals surface area contributed by atoms with Crippen LogP contribution in [0.25, 0.3) is 5.57 Å². The van der Waals surface area contributed by atoms with Gasteiger partial charge in [0.1, 0.15) is 11.9 Å². The van der Waals surface area contributed by atoms with Crippen LogP contribution >= 0.6 is 0 Å². The zero-order valence-electron chi connectivity index (χ0n) is 17.5. The Morgan fingerprint density at radius 1 is 0.875 bits per heavy atom. The lowest BCUT2D eigenvalue weighted by Gasteiger charge is -2.57. The molecule has 154 valence electrons. The molecule has 0 N–H and O–H groups in total. The summed E-state index contributed by atoms with van der Waals surface area (Å²) in [6.45, 7) is 0. The minimum atomic E-state index is -1.25. The molecule has 0 amide bonds. The third-order valence-electron chi connectivity index (χ3n) is 8.40. The zero-order chi connectivity index (χ0) is 21.5. The topological polar surface area (TPSA) is 50.1 Å². The molecular weight excluding hydrogens is 394 g/mol. The Labute approximate surface area is 187 Å². The molecule has 32 heavy (non-hydrogen) atoms. The molecule has 0 radical (unpaired) electrons. The van der Waals surface area contributed by atoms with Crippen LogP contribution in [-0.2, 0) is 15.6 Å². The summed E-state index contributed by atoms with van der Waals surface area (Å²) in [5, 5.41) is 10.5. The van der Waals surface area contributed by atoms with Crippen molar-refractivity contribution in [1.29, 1.82) is 5.26 Å². The van der Waals surface area contributed by atoms with Gasteiger partial charge in [-0.25, -0.2) is 0 Å². The Hall–Kier alpha value is -3.64. The number of allylic oxidation sites excluding steroid dienone is 2. The molecule has 3 heteroatoms. The van der Waals surface area contributed by atoms with Crippen LogP contribution in [0.1, 0.15) is 41.0 Å². The zero-order valence-corrected chi connectivity index (χ0v) is 17.5. The molecular formula is C29H21NO2. The number of Topliss-reactive ketones (excluding diaryl/α,β-unsaturated/α-hetero) is 1. The van der Waals surface area contributed by atoms with Crippen molar-refractivity contribution >= 4 is 11.4 Å². The van der Waals surface area contributed by atoms with Crippen molar-refractivity contribution < 1.29 is 9.53 Å². The van der Waals surface area contributed by atoms with Gasteiger partial charge in [0.15, 0.2) is 11.2 Å². The number of nitriles is 1. The van der Waals surface area contributed by atoms with Crippen LogP contribution in [0.4, 0.5) is 0 Å². The van der Waals surface area contributed by atoms with Crippen LogP contribution in [0.5, 0.6) is 5.75 Å². The van der Waals surface area contributed by atoms with Gasteiger partial charge in [0.05, 0.1) is 6.07 Å². The lowest BCUT2D eigenvalue weighted by molar-refractivity contribution is -0.134. The second kappa shape index (κ2) is 5.99. The van der Waals surface area contributed by atoms with Crippen LogP contribution in [0, 0.1) is 17.2 Å². The first-order valence-electron chi connectivity index (χ1n) is 11.3. The van der Waals surface area contributed by atoms with Gasteiger partial charge in [-0.2, -0.15) is 5.26 Å². The van der Waals surface area contributed by atoms with E-state index >= 15 is 0 Å². The second-order valence-corrected chi connectivity index (χ2v) is 9.43. The van der Waals surface area contributed by atoms with Crippen molar-refractivity contribution in [2.75, 3.05) is 0 Å². The fourth-order valence-corrected chi connectivity index (χ4v) is 7.29. The van der Waals surface area contributed by atoms with Gasteiger partial charge in [0, 0.05) is 23.7 Å². The summed E-state index contributed by atoms with van der Waals surface area (Å²) < 4.78 is 6.71. The fraction of sp³-hybridized carbons (Fsp3) is 0.241. The predicted molar refractivity (Wildman–Crippen MR) is 121 cm³/mol. The van der Waals surface area contributed by atoms with Crippen LogP contribution in [-0.4, -0.2) is 11.9 Å². The van der Waals surface area contributed by atoms with E-state index in [2.05, 4.69) is 54.6 Å². The Kier molecular flexibility index (Phi) is 3.36. The number of nitrogens with zero attached hydrogens (tertiary/aromatic N) is 1. The van der Waals surface area contributed by atoms with Gasteiger partial charge >= 0.3 is 0 Å². The summed E-state index contributed by atoms with van der Waals surface area (Å²) in [5.41, 5.74) is 3.86. The van der Waals surface area contributed by atoms with Crippen molar-refractivity contribution in [3.63, 3.8) is 0 Å². The number of rotatable bonds is 1. The summed E-state index contributed by atoms with van der Waals surface area (Å²) in [5.74, 6) is 0.937. The number of ether oxygens (including phenoxy) is 1. The van der Waals surface area contributed by atoms with Crippen LogP contribution in [0.3, 0.4) is 0 Å². The van der Waals surface area contributed by atoms with E-state index in [1.807, 2.05) is 36.4 Å². The van der Waals surface area contributed by atoms with Gasteiger partial charge in [0.25, 0.3) is 0 Å². The maximum absolute atomic E-state index is 13.9. The van der Waals surface area contributed by atoms with E-state index < -0.39 is 16.9 Å². The van der Waals surface area contributed by atoms with E-state index in [9.17, 15) is 10.1 Å². The molecule has 3 aromatic carbocycles. The molecule has 2 bridgehead atoms. The Bertz CT molecular complexity index is 1370. The molecule has 7 rings (SSSR count). The van der Waals surface area contributed by atoms with Gasteiger partial charge < -0.3 is 4.74 Å². The van der Waals surface area contributed by atoms with Gasteiger partial charge in [0.2, 0.25) is 0 Å². The Morgan fingerprint density at radius 3 is 2.41 bits per heavy atom. The summed E-state index contributed by atoms with van der Waals surface area (Å²) in [4.78, 5) is 13.9. The molecule has 3 nitrogen and oxygen atoms in total. The highest BCUT2D eigenvalue weighted by Gasteiger charge is 2.76. The minimum absolute atomic E-state index is 0.0163. The van der Waals surface area contributed by atoms with E-state index in [4.69, 9.17) is 4.74 Å². The quantitative estimate of drug-likeness (QED) is 0.540. The van der Waals surface area contributed by atoms with Crippen LogP contribution in [0.15, 0.2) is 84.9 Å². The van der Waals surface area contributed by atoms with Gasteiger partial charge in [-0.05, 0) is 40.3 Å². The first-order valence-corrected chi connectivity index (χ1v) is 11.3. The Morgan fingerprint density at radius 2 is 1.59 bits per heavy atom. The Balaban J connectivity index is 1.60. The molecule has 3 aromatic rings. The van der Waals surface area contributed by atoms with E-state index in [0.29, 0.717) is 6.42 Å². The highest BCUT2D eigenvalue weighted by molar-refractivity contribution is 6.01. The van der Waals surface area contributed by atoms with Crippen molar-refractivity contribution in [2.45, 2.75) is 35.7 Å². The number of hydrogen-bond acceptors (Lipinski definition) is 3.